The Bertz CT molecular complexity index is 1890. The molecule has 0 amide bonds. The molecule has 582 valence electrons. The molecule has 0 saturated heterocycles. The number of hydrogen-bond acceptors (Lipinski definition) is 15. The van der Waals surface area contributed by atoms with Crippen molar-refractivity contribution in [2.24, 2.45) is 11.8 Å². The molecule has 0 saturated carbocycles. The molecule has 0 heterocycles. The lowest BCUT2D eigenvalue weighted by Gasteiger charge is -2.21. The van der Waals surface area contributed by atoms with Crippen molar-refractivity contribution < 1.29 is 80.2 Å². The third-order valence-electron chi connectivity index (χ3n) is 18.8. The van der Waals surface area contributed by atoms with E-state index in [4.69, 9.17) is 37.0 Å². The molecule has 0 aromatic carbocycles. The van der Waals surface area contributed by atoms with Crippen molar-refractivity contribution in [2.45, 2.75) is 432 Å². The number of carbonyl (C=O) groups is 4. The third-order valence-corrected chi connectivity index (χ3v) is 20.7. The number of rotatable bonds is 78. The van der Waals surface area contributed by atoms with Crippen LogP contribution in [0.2, 0.25) is 0 Å². The lowest BCUT2D eigenvalue weighted by Crippen LogP contribution is -2.30. The van der Waals surface area contributed by atoms with Gasteiger partial charge >= 0.3 is 39.5 Å². The summed E-state index contributed by atoms with van der Waals surface area (Å²) >= 11 is 0. The van der Waals surface area contributed by atoms with Crippen LogP contribution in [-0.2, 0) is 65.4 Å². The van der Waals surface area contributed by atoms with Crippen molar-refractivity contribution in [2.75, 3.05) is 39.6 Å². The molecule has 0 bridgehead atoms. The maximum absolute atomic E-state index is 13.1. The zero-order valence-electron chi connectivity index (χ0n) is 64.1. The second-order valence-corrected chi connectivity index (χ2v) is 32.1. The zero-order chi connectivity index (χ0) is 72.1. The van der Waals surface area contributed by atoms with Gasteiger partial charge in [0.25, 0.3) is 0 Å². The molecule has 0 aliphatic rings. The molecule has 6 atom stereocenters. The third kappa shape index (κ3) is 71.1. The summed E-state index contributed by atoms with van der Waals surface area (Å²) in [5.41, 5.74) is 0. The number of hydrogen-bond donors (Lipinski definition) is 3. The van der Waals surface area contributed by atoms with Crippen LogP contribution in [0.1, 0.15) is 414 Å². The van der Waals surface area contributed by atoms with Crippen molar-refractivity contribution >= 4 is 39.5 Å². The Morgan fingerprint density at radius 1 is 0.296 bits per heavy atom. The number of unbranched alkanes of at least 4 members (excludes halogenated alkanes) is 47. The lowest BCUT2D eigenvalue weighted by atomic mass is 9.99. The molecule has 3 N–H and O–H groups in total. The van der Waals surface area contributed by atoms with Crippen LogP contribution in [-0.4, -0.2) is 96.7 Å². The second kappa shape index (κ2) is 70.7. The summed E-state index contributed by atoms with van der Waals surface area (Å²) in [5.74, 6) is -0.532. The number of esters is 4. The zero-order valence-corrected chi connectivity index (χ0v) is 65.9. The van der Waals surface area contributed by atoms with E-state index in [1.165, 1.54) is 231 Å². The number of phosphoric ester groups is 2. The number of ether oxygens (including phenoxy) is 4. The topological polar surface area (TPSA) is 237 Å². The Hall–Kier alpha value is -1.94. The highest BCUT2D eigenvalue weighted by Gasteiger charge is 2.30. The van der Waals surface area contributed by atoms with Gasteiger partial charge in [0.15, 0.2) is 12.2 Å². The maximum atomic E-state index is 13.1. The molecule has 0 rings (SSSR count). The number of aliphatic hydroxyl groups is 1. The Kier molecular flexibility index (Phi) is 69.3. The average molecular weight is 1440 g/mol. The average Bonchev–Trinajstić information content (AvgIpc) is 0.971. The van der Waals surface area contributed by atoms with Gasteiger partial charge in [-0.3, -0.25) is 37.3 Å². The number of aliphatic hydroxyl groups excluding tert-OH is 1. The predicted molar refractivity (Wildman–Crippen MR) is 400 cm³/mol. The van der Waals surface area contributed by atoms with Gasteiger partial charge in [0.2, 0.25) is 0 Å². The van der Waals surface area contributed by atoms with Crippen LogP contribution in [0.3, 0.4) is 0 Å². The minimum Gasteiger partial charge on any atom is -0.462 e. The van der Waals surface area contributed by atoms with Crippen molar-refractivity contribution in [1.29, 1.82) is 0 Å². The van der Waals surface area contributed by atoms with E-state index >= 15 is 0 Å². The molecule has 0 aromatic heterocycles. The van der Waals surface area contributed by atoms with E-state index in [0.29, 0.717) is 25.7 Å². The summed E-state index contributed by atoms with van der Waals surface area (Å²) in [6.07, 6.45) is 59.5. The predicted octanol–water partition coefficient (Wildman–Crippen LogP) is 23.5. The summed E-state index contributed by atoms with van der Waals surface area (Å²) in [6.45, 7) is 9.65. The van der Waals surface area contributed by atoms with Gasteiger partial charge in [-0.25, -0.2) is 9.13 Å². The van der Waals surface area contributed by atoms with Crippen molar-refractivity contribution in [1.82, 2.24) is 0 Å². The molecule has 0 aromatic rings. The quantitative estimate of drug-likeness (QED) is 0.0222. The Morgan fingerprint density at radius 3 is 0.776 bits per heavy atom. The first kappa shape index (κ1) is 96.1. The maximum Gasteiger partial charge on any atom is 0.472 e. The first-order chi connectivity index (χ1) is 47.4. The van der Waals surface area contributed by atoms with Crippen LogP contribution in [0.4, 0.5) is 0 Å². The van der Waals surface area contributed by atoms with Crippen molar-refractivity contribution in [3.05, 3.63) is 0 Å². The monoisotopic (exact) mass is 1440 g/mol. The molecule has 0 aliphatic heterocycles. The molecule has 0 aliphatic carbocycles. The fraction of sp³-hybridized carbons (Fsp3) is 0.949. The number of carbonyl (C=O) groups excluding carboxylic acids is 4. The standard InChI is InChI=1S/C79H154O17P2/c1-7-10-12-14-16-18-20-22-25-29-33-37-44-50-56-62-77(82)89-67-74(95-78(83)63-57-51-45-38-34-30-27-24-23-26-28-31-35-41-47-53-59-71(4)5)69-93-97(85,86)91-65-73(80)66-92-98(87,88)94-70-75(96-79(84)64-58-52-46-40-39-42-48-54-60-72(6)9-3)68-90-76(81)61-55-49-43-36-32-21-19-17-15-13-11-8-2/h71-75,80H,7-70H2,1-6H3,(H,85,86)(H,87,88)/t72?,73-,74-,75-/m1/s1. The summed E-state index contributed by atoms with van der Waals surface area (Å²) in [7, 11) is -9.92. The highest BCUT2D eigenvalue weighted by atomic mass is 31.2. The van der Waals surface area contributed by atoms with E-state index in [2.05, 4.69) is 41.5 Å². The molecule has 19 heteroatoms. The van der Waals surface area contributed by atoms with Gasteiger partial charge in [0.1, 0.15) is 19.3 Å². The smallest absolute Gasteiger partial charge is 0.462 e. The summed E-state index contributed by atoms with van der Waals surface area (Å²) < 4.78 is 68.7. The molecular weight excluding hydrogens is 1280 g/mol. The van der Waals surface area contributed by atoms with Gasteiger partial charge in [0, 0.05) is 25.7 Å². The van der Waals surface area contributed by atoms with Crippen LogP contribution < -0.4 is 0 Å². The van der Waals surface area contributed by atoms with Gasteiger partial charge in [0.05, 0.1) is 26.4 Å². The van der Waals surface area contributed by atoms with Crippen LogP contribution in [0.5, 0.6) is 0 Å². The van der Waals surface area contributed by atoms with E-state index in [1.807, 2.05) is 0 Å². The van der Waals surface area contributed by atoms with Crippen LogP contribution in [0.25, 0.3) is 0 Å². The van der Waals surface area contributed by atoms with E-state index < -0.39 is 97.5 Å². The van der Waals surface area contributed by atoms with E-state index in [0.717, 1.165) is 102 Å². The fourth-order valence-electron chi connectivity index (χ4n) is 12.2. The number of phosphoric acid groups is 2. The molecule has 0 radical (unpaired) electrons. The fourth-order valence-corrected chi connectivity index (χ4v) is 13.7. The first-order valence-electron chi connectivity index (χ1n) is 41.0. The van der Waals surface area contributed by atoms with Gasteiger partial charge in [-0.05, 0) is 37.5 Å². The van der Waals surface area contributed by atoms with Gasteiger partial charge in [-0.2, -0.15) is 0 Å². The SMILES string of the molecule is CCCCCCCCCCCCCCCCCC(=O)OC[C@H](COP(=O)(O)OC[C@@H](O)COP(=O)(O)OC[C@@H](COC(=O)CCCCCCCCCCCCCC)OC(=O)CCCCCCCCCCC(C)CC)OC(=O)CCCCCCCCCCCCCCCCCCC(C)C. The van der Waals surface area contributed by atoms with Gasteiger partial charge < -0.3 is 33.8 Å². The van der Waals surface area contributed by atoms with Gasteiger partial charge in [-0.15, -0.1) is 0 Å². The highest BCUT2D eigenvalue weighted by Crippen LogP contribution is 2.45. The Labute approximate surface area is 600 Å². The van der Waals surface area contributed by atoms with Crippen molar-refractivity contribution in [3.8, 4) is 0 Å². The minimum absolute atomic E-state index is 0.106. The second-order valence-electron chi connectivity index (χ2n) is 29.2. The lowest BCUT2D eigenvalue weighted by molar-refractivity contribution is -0.161. The first-order valence-corrected chi connectivity index (χ1v) is 44.0. The van der Waals surface area contributed by atoms with E-state index in [9.17, 15) is 43.2 Å². The molecule has 0 fully saturated rings. The van der Waals surface area contributed by atoms with Crippen LogP contribution in [0, 0.1) is 11.8 Å². The Balaban J connectivity index is 5.25. The molecule has 98 heavy (non-hydrogen) atoms. The van der Waals surface area contributed by atoms with E-state index in [1.54, 1.807) is 0 Å². The molecule has 17 nitrogen and oxygen atoms in total. The summed E-state index contributed by atoms with van der Waals surface area (Å²) in [6, 6.07) is 0. The van der Waals surface area contributed by atoms with Crippen LogP contribution in [0.15, 0.2) is 0 Å². The van der Waals surface area contributed by atoms with E-state index in [-0.39, 0.29) is 25.7 Å². The van der Waals surface area contributed by atoms with Crippen molar-refractivity contribution in [3.63, 3.8) is 0 Å². The van der Waals surface area contributed by atoms with Gasteiger partial charge in [-0.1, -0.05) is 363 Å². The summed E-state index contributed by atoms with van der Waals surface area (Å²) in [5, 5.41) is 10.6. The van der Waals surface area contributed by atoms with Crippen LogP contribution >= 0.6 is 15.6 Å². The molecule has 0 spiro atoms. The molecular formula is C79H154O17P2. The highest BCUT2D eigenvalue weighted by molar-refractivity contribution is 7.47. The largest absolute Gasteiger partial charge is 0.472 e. The molecule has 3 unspecified atom stereocenters. The summed E-state index contributed by atoms with van der Waals surface area (Å²) in [4.78, 5) is 73.0. The Morgan fingerprint density at radius 2 is 0.520 bits per heavy atom. The normalized spacial score (nSPS) is 14.2. The minimum atomic E-state index is -4.96.